The molecule has 0 spiro atoms. The van der Waals surface area contributed by atoms with Gasteiger partial charge in [0.2, 0.25) is 0 Å². The Morgan fingerprint density at radius 1 is 1.34 bits per heavy atom. The zero-order chi connectivity index (χ0) is 26.6. The minimum absolute atomic E-state index is 0.0545. The summed E-state index contributed by atoms with van der Waals surface area (Å²) in [6, 6.07) is 4.27. The highest BCUT2D eigenvalue weighted by atomic mass is 32.2. The number of benzene rings is 1. The molecule has 35 heavy (non-hydrogen) atoms. The molecule has 1 heterocycles. The van der Waals surface area contributed by atoms with E-state index >= 15 is 0 Å². The molecule has 11 heteroatoms. The van der Waals surface area contributed by atoms with Gasteiger partial charge in [0.25, 0.3) is 15.7 Å². The lowest BCUT2D eigenvalue weighted by Crippen LogP contribution is -2.53. The third-order valence-corrected chi connectivity index (χ3v) is 12.6. The van der Waals surface area contributed by atoms with Crippen LogP contribution in [0.4, 0.5) is 5.69 Å². The highest BCUT2D eigenvalue weighted by Gasteiger charge is 2.41. The Hall–Kier alpha value is -2.15. The van der Waals surface area contributed by atoms with Crippen molar-refractivity contribution >= 4 is 24.0 Å². The molecular weight excluding hydrogens is 486 g/mol. The lowest BCUT2D eigenvalue weighted by Gasteiger charge is -2.39. The molecule has 0 unspecified atom stereocenters. The van der Waals surface area contributed by atoms with Crippen molar-refractivity contribution in [3.05, 3.63) is 70.8 Å². The van der Waals surface area contributed by atoms with E-state index in [2.05, 4.69) is 52.3 Å². The largest absolute Gasteiger partial charge is 0.415 e. The molecule has 1 N–H and O–H groups in total. The molecule has 2 rings (SSSR count). The van der Waals surface area contributed by atoms with E-state index in [1.165, 1.54) is 24.3 Å². The van der Waals surface area contributed by atoms with E-state index in [4.69, 9.17) is 9.26 Å². The van der Waals surface area contributed by atoms with Crippen molar-refractivity contribution in [3.63, 3.8) is 0 Å². The van der Waals surface area contributed by atoms with E-state index in [0.29, 0.717) is 17.8 Å². The third kappa shape index (κ3) is 6.75. The second-order valence-electron chi connectivity index (χ2n) is 10.1. The van der Waals surface area contributed by atoms with E-state index in [1.54, 1.807) is 6.92 Å². The number of nitro groups is 1. The third-order valence-electron chi connectivity index (χ3n) is 6.39. The second kappa shape index (κ2) is 11.3. The molecule has 1 aromatic carbocycles. The number of nitro benzene ring substituents is 1. The van der Waals surface area contributed by atoms with Gasteiger partial charge in [-0.25, -0.2) is 8.42 Å². The van der Waals surface area contributed by atoms with Crippen LogP contribution in [0.3, 0.4) is 0 Å². The summed E-state index contributed by atoms with van der Waals surface area (Å²) in [5.41, 5.74) is 0.808. The van der Waals surface area contributed by atoms with Gasteiger partial charge in [0, 0.05) is 18.7 Å². The van der Waals surface area contributed by atoms with Gasteiger partial charge < -0.3 is 9.74 Å². The Kier molecular flexibility index (Phi) is 9.37. The van der Waals surface area contributed by atoms with Gasteiger partial charge in [0.05, 0.1) is 24.2 Å². The van der Waals surface area contributed by atoms with Gasteiger partial charge in [-0.2, -0.15) is 0 Å². The number of nitrogens with one attached hydrogen (secondary N) is 1. The maximum Gasteiger partial charge on any atom is 0.289 e. The predicted octanol–water partition coefficient (Wildman–Crippen LogP) is 4.57. The van der Waals surface area contributed by atoms with Crippen molar-refractivity contribution in [1.29, 1.82) is 0 Å². The summed E-state index contributed by atoms with van der Waals surface area (Å²) in [6.07, 6.45) is 3.32. The van der Waals surface area contributed by atoms with Gasteiger partial charge in [-0.1, -0.05) is 61.7 Å². The smallest absolute Gasteiger partial charge is 0.289 e. The Balaban J connectivity index is 2.45. The molecule has 194 valence electrons. The number of nitrogens with zero attached hydrogens (tertiary/aromatic N) is 2. The standard InChI is InChI=1S/C24H37N3O6SSi/c1-9-14-32-27(34(30,31)23-13-11-10-12-21(23)26(28)29)22-16-25-19(15-20(22)18(2)3)17-33-35(7,8)24(4,5)6/h9-13,15,19,22,25H,1-2,14,16-17H2,3-8H3/t19-,22-/m0/s1. The Morgan fingerprint density at radius 3 is 2.51 bits per heavy atom. The monoisotopic (exact) mass is 523 g/mol. The summed E-state index contributed by atoms with van der Waals surface area (Å²) in [6.45, 7) is 20.8. The zero-order valence-corrected chi connectivity index (χ0v) is 23.2. The van der Waals surface area contributed by atoms with Crippen LogP contribution in [0.25, 0.3) is 0 Å². The summed E-state index contributed by atoms with van der Waals surface area (Å²) < 4.78 is 34.5. The Bertz CT molecular complexity index is 1090. The predicted molar refractivity (Wildman–Crippen MR) is 140 cm³/mol. The van der Waals surface area contributed by atoms with E-state index in [1.807, 2.05) is 6.08 Å². The first kappa shape index (κ1) is 29.1. The van der Waals surface area contributed by atoms with Crippen LogP contribution in [0.15, 0.2) is 65.6 Å². The first-order valence-corrected chi connectivity index (χ1v) is 15.7. The summed E-state index contributed by atoms with van der Waals surface area (Å²) in [5, 5.41) is 14.9. The number of sulfonamides is 1. The van der Waals surface area contributed by atoms with Crippen molar-refractivity contribution in [1.82, 2.24) is 9.79 Å². The topological polar surface area (TPSA) is 111 Å². The molecule has 0 aliphatic carbocycles. The van der Waals surface area contributed by atoms with Crippen molar-refractivity contribution in [2.24, 2.45) is 0 Å². The van der Waals surface area contributed by atoms with Gasteiger partial charge >= 0.3 is 0 Å². The van der Waals surface area contributed by atoms with E-state index in [9.17, 15) is 18.5 Å². The summed E-state index contributed by atoms with van der Waals surface area (Å²) in [4.78, 5) is 16.0. The van der Waals surface area contributed by atoms with Crippen LogP contribution < -0.4 is 5.32 Å². The molecule has 0 bridgehead atoms. The minimum Gasteiger partial charge on any atom is -0.415 e. The molecule has 2 atom stereocenters. The fourth-order valence-corrected chi connectivity index (χ4v) is 5.98. The van der Waals surface area contributed by atoms with Crippen LogP contribution in [0.2, 0.25) is 18.1 Å². The molecule has 1 aromatic rings. The van der Waals surface area contributed by atoms with Crippen LogP contribution in [0, 0.1) is 10.1 Å². The average molecular weight is 524 g/mol. The van der Waals surface area contributed by atoms with Crippen LogP contribution in [-0.2, 0) is 19.3 Å². The average Bonchev–Trinajstić information content (AvgIpc) is 2.77. The zero-order valence-electron chi connectivity index (χ0n) is 21.4. The van der Waals surface area contributed by atoms with Crippen molar-refractivity contribution in [2.45, 2.75) is 62.8 Å². The van der Waals surface area contributed by atoms with Gasteiger partial charge in [-0.3, -0.25) is 15.0 Å². The number of hydroxylamine groups is 1. The van der Waals surface area contributed by atoms with Crippen molar-refractivity contribution in [3.8, 4) is 0 Å². The molecule has 0 fully saturated rings. The first-order chi connectivity index (χ1) is 16.1. The Morgan fingerprint density at radius 2 is 1.97 bits per heavy atom. The highest BCUT2D eigenvalue weighted by Crippen LogP contribution is 2.37. The highest BCUT2D eigenvalue weighted by molar-refractivity contribution is 7.89. The number of para-hydroxylation sites is 1. The molecule has 0 saturated heterocycles. The fourth-order valence-electron chi connectivity index (χ4n) is 3.37. The van der Waals surface area contributed by atoms with Gasteiger partial charge in [-0.05, 0) is 36.7 Å². The van der Waals surface area contributed by atoms with Gasteiger partial charge in [0.15, 0.2) is 13.2 Å². The van der Waals surface area contributed by atoms with Crippen LogP contribution in [0.1, 0.15) is 27.7 Å². The van der Waals surface area contributed by atoms with Crippen molar-refractivity contribution < 1.29 is 22.6 Å². The quantitative estimate of drug-likeness (QED) is 0.196. The normalized spacial score (nSPS) is 19.3. The molecular formula is C24H37N3O6SSi. The SMILES string of the molecule is C=CCON([C@H]1CN[C@H](CO[Si](C)(C)C(C)(C)C)C=C1C(=C)C)S(=O)(=O)c1ccccc1[N+](=O)[O-]. The molecule has 9 nitrogen and oxygen atoms in total. The molecule has 0 amide bonds. The van der Waals surface area contributed by atoms with Crippen molar-refractivity contribution in [2.75, 3.05) is 19.8 Å². The summed E-state index contributed by atoms with van der Waals surface area (Å²) in [7, 11) is -6.40. The van der Waals surface area contributed by atoms with E-state index < -0.39 is 39.9 Å². The lowest BCUT2D eigenvalue weighted by molar-refractivity contribution is -0.387. The minimum atomic E-state index is -4.41. The molecule has 0 radical (unpaired) electrons. The Labute approximate surface area is 209 Å². The lowest BCUT2D eigenvalue weighted by atomic mass is 9.95. The maximum absolute atomic E-state index is 13.6. The van der Waals surface area contributed by atoms with E-state index in [-0.39, 0.29) is 24.2 Å². The van der Waals surface area contributed by atoms with Crippen LogP contribution >= 0.6 is 0 Å². The molecule has 1 aliphatic heterocycles. The van der Waals surface area contributed by atoms with Crippen LogP contribution in [-0.4, -0.2) is 58.0 Å². The molecule has 1 aliphatic rings. The fraction of sp³-hybridized carbons (Fsp3) is 0.500. The number of rotatable bonds is 11. The van der Waals surface area contributed by atoms with E-state index in [0.717, 1.165) is 10.5 Å². The number of hydrogen-bond donors (Lipinski definition) is 1. The maximum atomic E-state index is 13.6. The summed E-state index contributed by atoms with van der Waals surface area (Å²) >= 11 is 0. The number of hydrogen-bond acceptors (Lipinski definition) is 7. The second-order valence-corrected chi connectivity index (χ2v) is 16.6. The summed E-state index contributed by atoms with van der Waals surface area (Å²) in [5.74, 6) is 0. The first-order valence-electron chi connectivity index (χ1n) is 11.4. The molecule has 0 aromatic heterocycles. The molecule has 0 saturated carbocycles. The van der Waals surface area contributed by atoms with Gasteiger partial charge in [-0.15, -0.1) is 6.58 Å². The van der Waals surface area contributed by atoms with Gasteiger partial charge in [0.1, 0.15) is 0 Å². The van der Waals surface area contributed by atoms with Crippen LogP contribution in [0.5, 0.6) is 0 Å².